The number of amides is 1. The Bertz CT molecular complexity index is 857. The Balaban J connectivity index is 1.85. The molecule has 3 heterocycles. The Kier molecular flexibility index (Phi) is 4.66. The lowest BCUT2D eigenvalue weighted by Gasteiger charge is -2.22. The minimum absolute atomic E-state index is 0.00444. The van der Waals surface area contributed by atoms with Crippen molar-refractivity contribution in [2.24, 2.45) is 11.3 Å². The molecule has 0 bridgehead atoms. The number of nitrogens with one attached hydrogen (secondary N) is 1. The lowest BCUT2D eigenvalue weighted by molar-refractivity contribution is -0.117. The highest BCUT2D eigenvalue weighted by Gasteiger charge is 2.21. The number of anilines is 1. The van der Waals surface area contributed by atoms with Crippen LogP contribution in [0.15, 0.2) is 47.2 Å². The molecule has 1 atom stereocenters. The number of nitrogens with zero attached hydrogens (tertiary/aromatic N) is 2. The van der Waals surface area contributed by atoms with Gasteiger partial charge in [-0.2, -0.15) is 0 Å². The van der Waals surface area contributed by atoms with Crippen molar-refractivity contribution in [3.63, 3.8) is 0 Å². The number of imidazole rings is 1. The maximum Gasteiger partial charge on any atom is 0.225 e. The topological polar surface area (TPSA) is 59.5 Å². The van der Waals surface area contributed by atoms with Crippen molar-refractivity contribution in [1.82, 2.24) is 9.38 Å². The average molecular weight is 339 g/mol. The standard InChI is InChI=1S/C20H25N3O2/c1-14(13-20(2,3)4)12-17(24)22-19-18(15-8-7-11-25-15)21-16-9-5-6-10-23(16)19/h5-11,14H,12-13H2,1-4H3,(H,22,24). The summed E-state index contributed by atoms with van der Waals surface area (Å²) >= 11 is 0. The van der Waals surface area contributed by atoms with Gasteiger partial charge >= 0.3 is 0 Å². The van der Waals surface area contributed by atoms with E-state index in [9.17, 15) is 4.79 Å². The zero-order valence-corrected chi connectivity index (χ0v) is 15.2. The van der Waals surface area contributed by atoms with Gasteiger partial charge in [0.1, 0.15) is 17.2 Å². The lowest BCUT2D eigenvalue weighted by atomic mass is 9.84. The maximum atomic E-state index is 12.6. The molecule has 0 fully saturated rings. The van der Waals surface area contributed by atoms with Crippen LogP contribution in [0.3, 0.4) is 0 Å². The Labute approximate surface area is 148 Å². The Hall–Kier alpha value is -2.56. The minimum atomic E-state index is -0.00444. The van der Waals surface area contributed by atoms with Crippen LogP contribution in [0.4, 0.5) is 5.82 Å². The third-order valence-corrected chi connectivity index (χ3v) is 4.04. The fourth-order valence-corrected chi connectivity index (χ4v) is 3.32. The van der Waals surface area contributed by atoms with Crippen LogP contribution in [0.25, 0.3) is 17.1 Å². The second-order valence-corrected chi connectivity index (χ2v) is 7.84. The molecular weight excluding hydrogens is 314 g/mol. The van der Waals surface area contributed by atoms with E-state index in [1.807, 2.05) is 40.9 Å². The normalized spacial score (nSPS) is 13.1. The van der Waals surface area contributed by atoms with Gasteiger partial charge in [0.25, 0.3) is 0 Å². The highest BCUT2D eigenvalue weighted by molar-refractivity contribution is 5.94. The van der Waals surface area contributed by atoms with Crippen molar-refractivity contribution < 1.29 is 9.21 Å². The number of hydrogen-bond acceptors (Lipinski definition) is 3. The van der Waals surface area contributed by atoms with Crippen molar-refractivity contribution in [2.45, 2.75) is 40.5 Å². The summed E-state index contributed by atoms with van der Waals surface area (Å²) < 4.78 is 7.37. The van der Waals surface area contributed by atoms with Gasteiger partial charge in [-0.05, 0) is 42.0 Å². The van der Waals surface area contributed by atoms with Crippen LogP contribution < -0.4 is 5.32 Å². The fraction of sp³-hybridized carbons (Fsp3) is 0.400. The third-order valence-electron chi connectivity index (χ3n) is 4.04. The molecule has 0 saturated carbocycles. The molecule has 0 radical (unpaired) electrons. The number of rotatable bonds is 5. The summed E-state index contributed by atoms with van der Waals surface area (Å²) in [7, 11) is 0. The first-order chi connectivity index (χ1) is 11.8. The first kappa shape index (κ1) is 17.3. The molecule has 1 unspecified atom stereocenters. The molecule has 0 aromatic carbocycles. The molecular formula is C20H25N3O2. The summed E-state index contributed by atoms with van der Waals surface area (Å²) in [5.74, 6) is 1.60. The monoisotopic (exact) mass is 339 g/mol. The Morgan fingerprint density at radius 1 is 1.28 bits per heavy atom. The summed E-state index contributed by atoms with van der Waals surface area (Å²) in [5.41, 5.74) is 1.63. The molecule has 1 N–H and O–H groups in total. The van der Waals surface area contributed by atoms with E-state index in [4.69, 9.17) is 4.42 Å². The lowest BCUT2D eigenvalue weighted by Crippen LogP contribution is -2.19. The van der Waals surface area contributed by atoms with Gasteiger partial charge in [0.15, 0.2) is 5.76 Å². The van der Waals surface area contributed by atoms with Crippen molar-refractivity contribution in [1.29, 1.82) is 0 Å². The first-order valence-electron chi connectivity index (χ1n) is 8.64. The molecule has 132 valence electrons. The second kappa shape index (κ2) is 6.75. The quantitative estimate of drug-likeness (QED) is 0.712. The van der Waals surface area contributed by atoms with E-state index >= 15 is 0 Å². The van der Waals surface area contributed by atoms with E-state index < -0.39 is 0 Å². The zero-order valence-electron chi connectivity index (χ0n) is 15.2. The number of hydrogen-bond donors (Lipinski definition) is 1. The van der Waals surface area contributed by atoms with Gasteiger partial charge in [-0.1, -0.05) is 33.8 Å². The van der Waals surface area contributed by atoms with Crippen LogP contribution in [0.5, 0.6) is 0 Å². The van der Waals surface area contributed by atoms with Crippen LogP contribution >= 0.6 is 0 Å². The largest absolute Gasteiger partial charge is 0.463 e. The van der Waals surface area contributed by atoms with Crippen LogP contribution in [-0.2, 0) is 4.79 Å². The second-order valence-electron chi connectivity index (χ2n) is 7.84. The maximum absolute atomic E-state index is 12.6. The number of pyridine rings is 1. The zero-order chi connectivity index (χ0) is 18.0. The summed E-state index contributed by atoms with van der Waals surface area (Å²) in [4.78, 5) is 17.2. The first-order valence-corrected chi connectivity index (χ1v) is 8.64. The number of carbonyl (C=O) groups excluding carboxylic acids is 1. The van der Waals surface area contributed by atoms with Crippen LogP contribution in [-0.4, -0.2) is 15.3 Å². The van der Waals surface area contributed by atoms with Crippen molar-refractivity contribution >= 4 is 17.4 Å². The van der Waals surface area contributed by atoms with Crippen LogP contribution in [0, 0.1) is 11.3 Å². The summed E-state index contributed by atoms with van der Waals surface area (Å²) in [6.07, 6.45) is 4.98. The number of furan rings is 1. The molecule has 25 heavy (non-hydrogen) atoms. The van der Waals surface area contributed by atoms with Gasteiger partial charge in [0, 0.05) is 12.6 Å². The summed E-state index contributed by atoms with van der Waals surface area (Å²) in [6.45, 7) is 8.70. The van der Waals surface area contributed by atoms with E-state index in [0.29, 0.717) is 29.6 Å². The van der Waals surface area contributed by atoms with Gasteiger partial charge in [-0.15, -0.1) is 0 Å². The van der Waals surface area contributed by atoms with E-state index in [-0.39, 0.29) is 11.3 Å². The Morgan fingerprint density at radius 2 is 2.08 bits per heavy atom. The highest BCUT2D eigenvalue weighted by atomic mass is 16.3. The van der Waals surface area contributed by atoms with Crippen LogP contribution in [0.2, 0.25) is 0 Å². The van der Waals surface area contributed by atoms with E-state index in [0.717, 1.165) is 12.1 Å². The predicted molar refractivity (Wildman–Crippen MR) is 99.4 cm³/mol. The summed E-state index contributed by atoms with van der Waals surface area (Å²) in [6, 6.07) is 9.41. The molecule has 0 spiro atoms. The molecule has 0 aliphatic rings. The van der Waals surface area contributed by atoms with Crippen LogP contribution in [0.1, 0.15) is 40.5 Å². The molecule has 0 aliphatic heterocycles. The van der Waals surface area contributed by atoms with Gasteiger partial charge in [-0.3, -0.25) is 9.20 Å². The van der Waals surface area contributed by atoms with Crippen molar-refractivity contribution in [3.8, 4) is 11.5 Å². The smallest absolute Gasteiger partial charge is 0.225 e. The molecule has 5 nitrogen and oxygen atoms in total. The highest BCUT2D eigenvalue weighted by Crippen LogP contribution is 2.30. The van der Waals surface area contributed by atoms with E-state index in [2.05, 4.69) is 38.0 Å². The average Bonchev–Trinajstić information content (AvgIpc) is 3.13. The molecule has 1 amide bonds. The predicted octanol–water partition coefficient (Wildman–Crippen LogP) is 5.00. The van der Waals surface area contributed by atoms with Gasteiger partial charge in [0.05, 0.1) is 6.26 Å². The molecule has 5 heteroatoms. The van der Waals surface area contributed by atoms with Gasteiger partial charge in [-0.25, -0.2) is 4.98 Å². The number of fused-ring (bicyclic) bond motifs is 1. The number of carbonyl (C=O) groups is 1. The third kappa shape index (κ3) is 4.10. The Morgan fingerprint density at radius 3 is 2.76 bits per heavy atom. The minimum Gasteiger partial charge on any atom is -0.463 e. The molecule has 0 aliphatic carbocycles. The number of aromatic nitrogens is 2. The van der Waals surface area contributed by atoms with Crippen molar-refractivity contribution in [3.05, 3.63) is 42.8 Å². The molecule has 3 aromatic heterocycles. The van der Waals surface area contributed by atoms with Gasteiger partial charge in [0.2, 0.25) is 5.91 Å². The molecule has 0 saturated heterocycles. The molecule has 3 rings (SSSR count). The van der Waals surface area contributed by atoms with E-state index in [1.165, 1.54) is 0 Å². The van der Waals surface area contributed by atoms with E-state index in [1.54, 1.807) is 6.26 Å². The van der Waals surface area contributed by atoms with Gasteiger partial charge < -0.3 is 9.73 Å². The SMILES string of the molecule is CC(CC(=O)Nc1c(-c2ccco2)nc2ccccn12)CC(C)(C)C. The molecule has 3 aromatic rings. The summed E-state index contributed by atoms with van der Waals surface area (Å²) in [5, 5.41) is 3.04. The van der Waals surface area contributed by atoms with Crippen molar-refractivity contribution in [2.75, 3.05) is 5.32 Å². The fourth-order valence-electron chi connectivity index (χ4n) is 3.32.